The molecule has 1 aliphatic rings. The molecule has 0 aliphatic carbocycles. The lowest BCUT2D eigenvalue weighted by Gasteiger charge is -2.39. The molecule has 1 fully saturated rings. The molecule has 1 saturated heterocycles. The summed E-state index contributed by atoms with van der Waals surface area (Å²) in [7, 11) is 0. The van der Waals surface area contributed by atoms with Crippen LogP contribution in [0.4, 0.5) is 0 Å². The molecule has 0 unspecified atom stereocenters. The molecular weight excluding hydrogens is 454 g/mol. The number of carbonyl (C=O) groups excluding carboxylic acids is 1. The van der Waals surface area contributed by atoms with Crippen LogP contribution >= 0.6 is 0 Å². The third-order valence-corrected chi connectivity index (χ3v) is 5.86. The molecule has 7 heteroatoms. The number of carbonyl (C=O) groups is 1. The number of ether oxygens (including phenoxy) is 3. The Labute approximate surface area is 211 Å². The summed E-state index contributed by atoms with van der Waals surface area (Å²) in [5, 5.41) is 8.44. The highest BCUT2D eigenvalue weighted by Crippen LogP contribution is 2.30. The third kappa shape index (κ3) is 6.40. The summed E-state index contributed by atoms with van der Waals surface area (Å²) in [5.41, 5.74) is 3.57. The van der Waals surface area contributed by atoms with Crippen LogP contribution in [-0.2, 0) is 25.5 Å². The van der Waals surface area contributed by atoms with Gasteiger partial charge in [-0.15, -0.1) is 11.5 Å². The first kappa shape index (κ1) is 25.2. The first-order chi connectivity index (χ1) is 17.3. The second-order valence-electron chi connectivity index (χ2n) is 9.44. The van der Waals surface area contributed by atoms with Gasteiger partial charge in [0.2, 0.25) is 0 Å². The van der Waals surface area contributed by atoms with Crippen molar-refractivity contribution < 1.29 is 19.0 Å². The van der Waals surface area contributed by atoms with Crippen LogP contribution in [0.1, 0.15) is 43.9 Å². The minimum absolute atomic E-state index is 0.273. The fraction of sp³-hybridized carbons (Fsp3) is 0.345. The lowest BCUT2D eigenvalue weighted by molar-refractivity contribution is -0.281. The number of rotatable bonds is 6. The van der Waals surface area contributed by atoms with Gasteiger partial charge in [0.1, 0.15) is 11.1 Å². The van der Waals surface area contributed by atoms with Gasteiger partial charge in [0, 0.05) is 35.2 Å². The molecule has 4 rings (SSSR count). The van der Waals surface area contributed by atoms with Gasteiger partial charge in [0.15, 0.2) is 5.79 Å². The average Bonchev–Trinajstić information content (AvgIpc) is 3.37. The van der Waals surface area contributed by atoms with Gasteiger partial charge in [-0.25, -0.2) is 0 Å². The van der Waals surface area contributed by atoms with E-state index in [1.165, 1.54) is 0 Å². The summed E-state index contributed by atoms with van der Waals surface area (Å²) in [6.45, 7) is 6.86. The average molecular weight is 484 g/mol. The van der Waals surface area contributed by atoms with Crippen molar-refractivity contribution in [2.45, 2.75) is 39.5 Å². The highest BCUT2D eigenvalue weighted by Gasteiger charge is 2.43. The predicted octanol–water partition coefficient (Wildman–Crippen LogP) is 4.05. The number of esters is 1. The van der Waals surface area contributed by atoms with Gasteiger partial charge >= 0.3 is 5.97 Å². The van der Waals surface area contributed by atoms with Crippen LogP contribution in [-0.4, -0.2) is 46.6 Å². The van der Waals surface area contributed by atoms with E-state index in [1.807, 2.05) is 68.6 Å². The van der Waals surface area contributed by atoms with Gasteiger partial charge in [-0.1, -0.05) is 35.1 Å². The SMILES string of the molecule is C#Cc1ccc(C#Cc2ccc(-c3cn(CCCOC(=O)C4(C)COC(C)(C)OC4)nn3)cc2)cc1. The second-order valence-corrected chi connectivity index (χ2v) is 9.44. The molecule has 0 N–H and O–H groups in total. The Hall–Kier alpha value is -3.91. The standard InChI is InChI=1S/C29H29N3O4/c1-5-22-7-9-23(10-8-22)11-12-24-13-15-25(16-14-24)26-19-32(31-30-26)17-6-18-34-27(33)29(4)20-35-28(2,3)36-21-29/h1,7-10,13-16,19H,6,17-18,20-21H2,2-4H3. The van der Waals surface area contributed by atoms with Crippen molar-refractivity contribution in [3.63, 3.8) is 0 Å². The van der Waals surface area contributed by atoms with E-state index in [0.29, 0.717) is 13.0 Å². The lowest BCUT2D eigenvalue weighted by Crippen LogP contribution is -2.49. The van der Waals surface area contributed by atoms with Crippen molar-refractivity contribution in [1.29, 1.82) is 0 Å². The molecular formula is C29H29N3O4. The Balaban J connectivity index is 1.25. The van der Waals surface area contributed by atoms with Crippen LogP contribution < -0.4 is 0 Å². The predicted molar refractivity (Wildman–Crippen MR) is 135 cm³/mol. The fourth-order valence-corrected chi connectivity index (χ4v) is 3.49. The number of aromatic nitrogens is 3. The Kier molecular flexibility index (Phi) is 7.55. The quantitative estimate of drug-likeness (QED) is 0.299. The minimum atomic E-state index is -0.793. The Morgan fingerprint density at radius 1 is 1.00 bits per heavy atom. The molecule has 2 heterocycles. The summed E-state index contributed by atoms with van der Waals surface area (Å²) in [6.07, 6.45) is 7.88. The van der Waals surface area contributed by atoms with Crippen LogP contribution in [0.25, 0.3) is 11.3 Å². The molecule has 0 saturated carbocycles. The second kappa shape index (κ2) is 10.8. The van der Waals surface area contributed by atoms with Gasteiger partial charge in [0.25, 0.3) is 0 Å². The normalized spacial score (nSPS) is 15.8. The molecule has 3 aromatic rings. The first-order valence-corrected chi connectivity index (χ1v) is 11.8. The van der Waals surface area contributed by atoms with Gasteiger partial charge in [0.05, 0.1) is 26.0 Å². The van der Waals surface area contributed by atoms with E-state index in [4.69, 9.17) is 20.6 Å². The molecule has 1 aliphatic heterocycles. The topological polar surface area (TPSA) is 75.5 Å². The van der Waals surface area contributed by atoms with Crippen LogP contribution in [0.5, 0.6) is 0 Å². The Morgan fingerprint density at radius 3 is 2.19 bits per heavy atom. The monoisotopic (exact) mass is 483 g/mol. The summed E-state index contributed by atoms with van der Waals surface area (Å²) < 4.78 is 18.4. The summed E-state index contributed by atoms with van der Waals surface area (Å²) >= 11 is 0. The number of aryl methyl sites for hydroxylation is 1. The van der Waals surface area contributed by atoms with E-state index in [2.05, 4.69) is 28.1 Å². The van der Waals surface area contributed by atoms with E-state index in [1.54, 1.807) is 11.6 Å². The number of hydrogen-bond acceptors (Lipinski definition) is 6. The van der Waals surface area contributed by atoms with E-state index >= 15 is 0 Å². The molecule has 0 bridgehead atoms. The fourth-order valence-electron chi connectivity index (χ4n) is 3.49. The lowest BCUT2D eigenvalue weighted by atomic mass is 9.92. The molecule has 0 amide bonds. The summed E-state index contributed by atoms with van der Waals surface area (Å²) in [5.74, 6) is 7.90. The van der Waals surface area contributed by atoms with Gasteiger partial charge in [-0.05, 0) is 57.2 Å². The molecule has 184 valence electrons. The highest BCUT2D eigenvalue weighted by molar-refractivity contribution is 5.76. The van der Waals surface area contributed by atoms with Gasteiger partial charge < -0.3 is 14.2 Å². The number of terminal acetylenes is 1. The third-order valence-electron chi connectivity index (χ3n) is 5.86. The molecule has 1 aromatic heterocycles. The first-order valence-electron chi connectivity index (χ1n) is 11.8. The van der Waals surface area contributed by atoms with Crippen molar-refractivity contribution in [1.82, 2.24) is 15.0 Å². The van der Waals surface area contributed by atoms with Crippen molar-refractivity contribution in [2.75, 3.05) is 19.8 Å². The minimum Gasteiger partial charge on any atom is -0.465 e. The maximum Gasteiger partial charge on any atom is 0.316 e. The maximum absolute atomic E-state index is 12.5. The van der Waals surface area contributed by atoms with E-state index in [9.17, 15) is 4.79 Å². The summed E-state index contributed by atoms with van der Waals surface area (Å²) in [4.78, 5) is 12.5. The number of nitrogens with zero attached hydrogens (tertiary/aromatic N) is 3. The maximum atomic E-state index is 12.5. The zero-order chi connectivity index (χ0) is 25.6. The molecule has 0 radical (unpaired) electrons. The van der Waals surface area contributed by atoms with Crippen molar-refractivity contribution in [2.24, 2.45) is 5.41 Å². The smallest absolute Gasteiger partial charge is 0.316 e. The molecule has 7 nitrogen and oxygen atoms in total. The highest BCUT2D eigenvalue weighted by atomic mass is 16.7. The number of benzene rings is 2. The van der Waals surface area contributed by atoms with E-state index in [-0.39, 0.29) is 25.8 Å². The zero-order valence-corrected chi connectivity index (χ0v) is 20.8. The molecule has 2 aromatic carbocycles. The molecule has 0 spiro atoms. The largest absolute Gasteiger partial charge is 0.465 e. The van der Waals surface area contributed by atoms with Crippen molar-refractivity contribution in [3.8, 4) is 35.4 Å². The van der Waals surface area contributed by atoms with Crippen LogP contribution in [0.2, 0.25) is 0 Å². The Bertz CT molecular complexity index is 1300. The van der Waals surface area contributed by atoms with Crippen LogP contribution in [0.3, 0.4) is 0 Å². The van der Waals surface area contributed by atoms with E-state index in [0.717, 1.165) is 27.9 Å². The van der Waals surface area contributed by atoms with Gasteiger partial charge in [-0.2, -0.15) is 0 Å². The Morgan fingerprint density at radius 2 is 1.58 bits per heavy atom. The van der Waals surface area contributed by atoms with Crippen molar-refractivity contribution in [3.05, 3.63) is 71.4 Å². The zero-order valence-electron chi connectivity index (χ0n) is 20.8. The van der Waals surface area contributed by atoms with Gasteiger partial charge in [-0.3, -0.25) is 9.48 Å². The van der Waals surface area contributed by atoms with Crippen LogP contribution in [0.15, 0.2) is 54.7 Å². The van der Waals surface area contributed by atoms with Crippen LogP contribution in [0, 0.1) is 29.6 Å². The molecule has 0 atom stereocenters. The van der Waals surface area contributed by atoms with E-state index < -0.39 is 11.2 Å². The molecule has 36 heavy (non-hydrogen) atoms. The number of hydrogen-bond donors (Lipinski definition) is 0. The van der Waals surface area contributed by atoms with Crippen molar-refractivity contribution >= 4 is 5.97 Å². The summed E-state index contributed by atoms with van der Waals surface area (Å²) in [6, 6.07) is 15.4.